The first-order valence-corrected chi connectivity index (χ1v) is 11.3. The SMILES string of the molecule is CN=C(NCCC(=O)NC1CCCC1)NCCc1ccc(S(C)(=O)=O)cc1.I. The number of rotatable bonds is 8. The van der Waals surface area contributed by atoms with E-state index in [1.165, 1.54) is 19.1 Å². The van der Waals surface area contributed by atoms with Gasteiger partial charge in [0.15, 0.2) is 15.8 Å². The second kappa shape index (κ2) is 12.3. The maximum atomic E-state index is 11.9. The molecule has 1 saturated carbocycles. The third-order valence-electron chi connectivity index (χ3n) is 4.65. The van der Waals surface area contributed by atoms with Gasteiger partial charge in [-0.1, -0.05) is 25.0 Å². The van der Waals surface area contributed by atoms with E-state index in [4.69, 9.17) is 0 Å². The largest absolute Gasteiger partial charge is 0.356 e. The van der Waals surface area contributed by atoms with Crippen LogP contribution >= 0.6 is 24.0 Å². The molecule has 0 aliphatic heterocycles. The Kier molecular flexibility index (Phi) is 10.8. The van der Waals surface area contributed by atoms with Crippen molar-refractivity contribution in [1.82, 2.24) is 16.0 Å². The van der Waals surface area contributed by atoms with Gasteiger partial charge in [-0.15, -0.1) is 24.0 Å². The highest BCUT2D eigenvalue weighted by molar-refractivity contribution is 14.0. The second-order valence-corrected chi connectivity index (χ2v) is 8.91. The average molecular weight is 522 g/mol. The Hall–Kier alpha value is -1.36. The maximum Gasteiger partial charge on any atom is 0.221 e. The Labute approximate surface area is 185 Å². The van der Waals surface area contributed by atoms with Crippen molar-refractivity contribution in [3.63, 3.8) is 0 Å². The zero-order valence-electron chi connectivity index (χ0n) is 16.5. The number of amides is 1. The number of aliphatic imine (C=N–C) groups is 1. The fourth-order valence-electron chi connectivity index (χ4n) is 3.11. The van der Waals surface area contributed by atoms with E-state index in [-0.39, 0.29) is 29.9 Å². The zero-order valence-corrected chi connectivity index (χ0v) is 19.7. The molecule has 0 radical (unpaired) electrons. The van der Waals surface area contributed by atoms with E-state index in [9.17, 15) is 13.2 Å². The number of hydrogen-bond acceptors (Lipinski definition) is 4. The maximum absolute atomic E-state index is 11.9. The monoisotopic (exact) mass is 522 g/mol. The Bertz CT molecular complexity index is 745. The molecule has 0 atom stereocenters. The van der Waals surface area contributed by atoms with Gasteiger partial charge in [0.25, 0.3) is 0 Å². The lowest BCUT2D eigenvalue weighted by Crippen LogP contribution is -2.41. The summed E-state index contributed by atoms with van der Waals surface area (Å²) in [6.45, 7) is 1.19. The van der Waals surface area contributed by atoms with Gasteiger partial charge in [-0.2, -0.15) is 0 Å². The lowest BCUT2D eigenvalue weighted by Gasteiger charge is -2.14. The topological polar surface area (TPSA) is 99.7 Å². The number of carbonyl (C=O) groups excluding carboxylic acids is 1. The summed E-state index contributed by atoms with van der Waals surface area (Å²) in [5, 5.41) is 9.41. The van der Waals surface area contributed by atoms with E-state index >= 15 is 0 Å². The molecule has 1 aliphatic carbocycles. The van der Waals surface area contributed by atoms with Crippen LogP contribution in [0.1, 0.15) is 37.7 Å². The van der Waals surface area contributed by atoms with E-state index in [0.29, 0.717) is 36.4 Å². The fraction of sp³-hybridized carbons (Fsp3) is 0.579. The van der Waals surface area contributed by atoms with Crippen LogP contribution in [0, 0.1) is 0 Å². The molecule has 0 aromatic heterocycles. The summed E-state index contributed by atoms with van der Waals surface area (Å²) in [5.41, 5.74) is 1.04. The number of nitrogens with zero attached hydrogens (tertiary/aromatic N) is 1. The van der Waals surface area contributed by atoms with Crippen LogP contribution in [0.3, 0.4) is 0 Å². The van der Waals surface area contributed by atoms with Crippen molar-refractivity contribution >= 4 is 45.7 Å². The molecule has 1 fully saturated rings. The van der Waals surface area contributed by atoms with Crippen LogP contribution < -0.4 is 16.0 Å². The van der Waals surface area contributed by atoms with Gasteiger partial charge in [-0.25, -0.2) is 8.42 Å². The molecule has 2 rings (SSSR count). The predicted octanol–water partition coefficient (Wildman–Crippen LogP) is 1.86. The number of sulfone groups is 1. The van der Waals surface area contributed by atoms with Crippen molar-refractivity contribution in [2.75, 3.05) is 26.4 Å². The lowest BCUT2D eigenvalue weighted by molar-refractivity contribution is -0.121. The molecule has 1 aromatic rings. The highest BCUT2D eigenvalue weighted by Gasteiger charge is 2.16. The summed E-state index contributed by atoms with van der Waals surface area (Å²) < 4.78 is 22.9. The first-order valence-electron chi connectivity index (χ1n) is 9.41. The Morgan fingerprint density at radius 3 is 2.29 bits per heavy atom. The average Bonchev–Trinajstić information content (AvgIpc) is 3.13. The van der Waals surface area contributed by atoms with Crippen LogP contribution in [0.5, 0.6) is 0 Å². The molecule has 0 saturated heterocycles. The fourth-order valence-corrected chi connectivity index (χ4v) is 3.74. The van der Waals surface area contributed by atoms with E-state index in [0.717, 1.165) is 24.8 Å². The number of benzene rings is 1. The third kappa shape index (κ3) is 8.76. The first kappa shape index (κ1) is 24.7. The normalized spacial score (nSPS) is 15.0. The van der Waals surface area contributed by atoms with Gasteiger partial charge in [0, 0.05) is 38.9 Å². The molecule has 0 heterocycles. The lowest BCUT2D eigenvalue weighted by atomic mass is 10.1. The van der Waals surface area contributed by atoms with Crippen LogP contribution in [-0.4, -0.2) is 52.7 Å². The van der Waals surface area contributed by atoms with Crippen LogP contribution in [0.4, 0.5) is 0 Å². The number of guanidine groups is 1. The first-order chi connectivity index (χ1) is 12.9. The Balaban J connectivity index is 0.00000392. The van der Waals surface area contributed by atoms with Gasteiger partial charge in [-0.3, -0.25) is 9.79 Å². The van der Waals surface area contributed by atoms with E-state index in [1.807, 2.05) is 12.1 Å². The Morgan fingerprint density at radius 2 is 1.71 bits per heavy atom. The van der Waals surface area contributed by atoms with E-state index < -0.39 is 9.84 Å². The highest BCUT2D eigenvalue weighted by Crippen LogP contribution is 2.17. The Morgan fingerprint density at radius 1 is 1.11 bits per heavy atom. The van der Waals surface area contributed by atoms with Crippen LogP contribution in [0.25, 0.3) is 0 Å². The number of hydrogen-bond donors (Lipinski definition) is 3. The highest BCUT2D eigenvalue weighted by atomic mass is 127. The minimum atomic E-state index is -3.16. The molecule has 1 amide bonds. The van der Waals surface area contributed by atoms with E-state index in [2.05, 4.69) is 20.9 Å². The smallest absolute Gasteiger partial charge is 0.221 e. The van der Waals surface area contributed by atoms with Gasteiger partial charge in [0.05, 0.1) is 4.90 Å². The molecule has 28 heavy (non-hydrogen) atoms. The van der Waals surface area contributed by atoms with E-state index in [1.54, 1.807) is 19.2 Å². The molecule has 7 nitrogen and oxygen atoms in total. The molecule has 0 bridgehead atoms. The molecule has 3 N–H and O–H groups in total. The summed E-state index contributed by atoms with van der Waals surface area (Å²) in [5.74, 6) is 0.729. The van der Waals surface area contributed by atoms with Gasteiger partial charge >= 0.3 is 0 Å². The summed E-state index contributed by atoms with van der Waals surface area (Å²) in [7, 11) is -1.47. The van der Waals surface area contributed by atoms with Crippen molar-refractivity contribution in [1.29, 1.82) is 0 Å². The standard InChI is InChI=1S/C19H30N4O3S.HI/c1-20-19(22-14-12-18(24)23-16-5-3-4-6-16)21-13-11-15-7-9-17(10-8-15)27(2,25)26;/h7-10,16H,3-6,11-14H2,1-2H3,(H,23,24)(H2,20,21,22);1H. The third-order valence-corrected chi connectivity index (χ3v) is 5.77. The van der Waals surface area contributed by atoms with Crippen LogP contribution in [0.2, 0.25) is 0 Å². The van der Waals surface area contributed by atoms with Gasteiger partial charge in [-0.05, 0) is 37.0 Å². The van der Waals surface area contributed by atoms with Gasteiger partial charge in [0.2, 0.25) is 5.91 Å². The molecule has 1 aliphatic rings. The van der Waals surface area contributed by atoms with Crippen molar-refractivity contribution < 1.29 is 13.2 Å². The zero-order chi connectivity index (χ0) is 19.7. The van der Waals surface area contributed by atoms with Crippen LogP contribution in [0.15, 0.2) is 34.2 Å². The molecule has 0 spiro atoms. The van der Waals surface area contributed by atoms with Crippen molar-refractivity contribution in [3.8, 4) is 0 Å². The molecule has 0 unspecified atom stereocenters. The van der Waals surface area contributed by atoms with Gasteiger partial charge in [0.1, 0.15) is 0 Å². The number of halogens is 1. The van der Waals surface area contributed by atoms with Crippen molar-refractivity contribution in [2.45, 2.75) is 49.5 Å². The summed E-state index contributed by atoms with van der Waals surface area (Å²) in [6.07, 6.45) is 6.96. The van der Waals surface area contributed by atoms with Crippen molar-refractivity contribution in [3.05, 3.63) is 29.8 Å². The molecular weight excluding hydrogens is 491 g/mol. The number of nitrogens with one attached hydrogen (secondary N) is 3. The second-order valence-electron chi connectivity index (χ2n) is 6.89. The quantitative estimate of drug-likeness (QED) is 0.275. The summed E-state index contributed by atoms with van der Waals surface area (Å²) in [4.78, 5) is 16.4. The molecular formula is C19H31IN4O3S. The predicted molar refractivity (Wildman–Crippen MR) is 123 cm³/mol. The van der Waals surface area contributed by atoms with Crippen LogP contribution in [-0.2, 0) is 21.1 Å². The van der Waals surface area contributed by atoms with Gasteiger partial charge < -0.3 is 16.0 Å². The molecule has 158 valence electrons. The molecule has 1 aromatic carbocycles. The summed E-state index contributed by atoms with van der Waals surface area (Å²) >= 11 is 0. The minimum Gasteiger partial charge on any atom is -0.356 e. The summed E-state index contributed by atoms with van der Waals surface area (Å²) in [6, 6.07) is 7.24. The molecule has 9 heteroatoms. The minimum absolute atomic E-state index is 0. The van der Waals surface area contributed by atoms with Crippen molar-refractivity contribution in [2.24, 2.45) is 4.99 Å². The number of carbonyl (C=O) groups is 1.